The normalized spacial score (nSPS) is 11.0. The SMILES string of the molecule is Cc1ccc(-n2ncc3c(=O)n(CCC(=O)Nc4ccc(F)c(Cl)c4)cnc32)cc1. The monoisotopic (exact) mass is 425 g/mol. The van der Waals surface area contributed by atoms with Crippen molar-refractivity contribution in [2.24, 2.45) is 0 Å². The molecule has 7 nitrogen and oxygen atoms in total. The van der Waals surface area contributed by atoms with Gasteiger partial charge >= 0.3 is 0 Å². The zero-order valence-electron chi connectivity index (χ0n) is 16.0. The Morgan fingerprint density at radius 2 is 1.97 bits per heavy atom. The summed E-state index contributed by atoms with van der Waals surface area (Å²) in [5.74, 6) is -0.896. The summed E-state index contributed by atoms with van der Waals surface area (Å²) >= 11 is 5.71. The summed E-state index contributed by atoms with van der Waals surface area (Å²) in [7, 11) is 0. The number of nitrogens with zero attached hydrogens (tertiary/aromatic N) is 4. The van der Waals surface area contributed by atoms with Crippen molar-refractivity contribution < 1.29 is 9.18 Å². The van der Waals surface area contributed by atoms with E-state index in [-0.39, 0.29) is 29.5 Å². The number of amides is 1. The predicted octanol–water partition coefficient (Wildman–Crippen LogP) is 3.71. The van der Waals surface area contributed by atoms with Crippen LogP contribution in [0.1, 0.15) is 12.0 Å². The molecule has 2 aromatic heterocycles. The van der Waals surface area contributed by atoms with Crippen LogP contribution in [-0.2, 0) is 11.3 Å². The van der Waals surface area contributed by atoms with Crippen molar-refractivity contribution in [1.29, 1.82) is 0 Å². The van der Waals surface area contributed by atoms with Gasteiger partial charge in [-0.3, -0.25) is 14.2 Å². The predicted molar refractivity (Wildman–Crippen MR) is 113 cm³/mol. The quantitative estimate of drug-likeness (QED) is 0.528. The lowest BCUT2D eigenvalue weighted by molar-refractivity contribution is -0.116. The molecule has 0 aliphatic heterocycles. The number of fused-ring (bicyclic) bond motifs is 1. The molecular weight excluding hydrogens is 409 g/mol. The summed E-state index contributed by atoms with van der Waals surface area (Å²) in [5, 5.41) is 7.19. The zero-order valence-corrected chi connectivity index (χ0v) is 16.7. The number of hydrogen-bond acceptors (Lipinski definition) is 4. The van der Waals surface area contributed by atoms with E-state index in [0.29, 0.717) is 16.7 Å². The Bertz CT molecular complexity index is 1300. The average molecular weight is 426 g/mol. The van der Waals surface area contributed by atoms with E-state index < -0.39 is 5.82 Å². The molecule has 0 saturated heterocycles. The third-order valence-electron chi connectivity index (χ3n) is 4.62. The van der Waals surface area contributed by atoms with Crippen molar-refractivity contribution in [3.63, 3.8) is 0 Å². The van der Waals surface area contributed by atoms with Crippen molar-refractivity contribution in [1.82, 2.24) is 19.3 Å². The van der Waals surface area contributed by atoms with Crippen LogP contribution in [0, 0.1) is 12.7 Å². The maximum absolute atomic E-state index is 13.2. The number of aromatic nitrogens is 4. The minimum atomic E-state index is -0.563. The van der Waals surface area contributed by atoms with Crippen molar-refractivity contribution >= 4 is 34.2 Å². The van der Waals surface area contributed by atoms with Crippen molar-refractivity contribution in [3.05, 3.63) is 81.7 Å². The van der Waals surface area contributed by atoms with Crippen LogP contribution >= 0.6 is 11.6 Å². The second-order valence-corrected chi connectivity index (χ2v) is 7.21. The minimum absolute atomic E-state index is 0.0359. The van der Waals surface area contributed by atoms with Gasteiger partial charge in [0.05, 0.1) is 23.2 Å². The fourth-order valence-corrected chi connectivity index (χ4v) is 3.18. The van der Waals surface area contributed by atoms with E-state index in [9.17, 15) is 14.0 Å². The molecule has 1 amide bonds. The van der Waals surface area contributed by atoms with Gasteiger partial charge in [0.2, 0.25) is 5.91 Å². The van der Waals surface area contributed by atoms with Crippen LogP contribution in [-0.4, -0.2) is 25.2 Å². The van der Waals surface area contributed by atoms with Crippen LogP contribution in [0.3, 0.4) is 0 Å². The number of anilines is 1. The van der Waals surface area contributed by atoms with Gasteiger partial charge < -0.3 is 5.32 Å². The number of aryl methyl sites for hydroxylation is 2. The van der Waals surface area contributed by atoms with E-state index >= 15 is 0 Å². The van der Waals surface area contributed by atoms with E-state index in [0.717, 1.165) is 11.3 Å². The zero-order chi connectivity index (χ0) is 21.3. The number of hydrogen-bond donors (Lipinski definition) is 1. The molecule has 30 heavy (non-hydrogen) atoms. The summed E-state index contributed by atoms with van der Waals surface area (Å²) in [6.45, 7) is 2.13. The molecule has 0 fully saturated rings. The highest BCUT2D eigenvalue weighted by Gasteiger charge is 2.12. The average Bonchev–Trinajstić information content (AvgIpc) is 3.16. The number of rotatable bonds is 5. The molecule has 4 rings (SSSR count). The Kier molecular flexibility index (Phi) is 5.33. The van der Waals surface area contributed by atoms with Gasteiger partial charge in [-0.1, -0.05) is 29.3 Å². The van der Waals surface area contributed by atoms with Crippen LogP contribution < -0.4 is 10.9 Å². The first-order chi connectivity index (χ1) is 14.4. The van der Waals surface area contributed by atoms with Crippen molar-refractivity contribution in [3.8, 4) is 5.69 Å². The molecule has 0 spiro atoms. The number of benzene rings is 2. The first kappa shape index (κ1) is 19.8. The molecule has 0 unspecified atom stereocenters. The molecule has 4 aromatic rings. The molecule has 152 valence electrons. The highest BCUT2D eigenvalue weighted by atomic mass is 35.5. The van der Waals surface area contributed by atoms with Gasteiger partial charge in [0, 0.05) is 18.7 Å². The Labute approximate surface area is 175 Å². The smallest absolute Gasteiger partial charge is 0.264 e. The molecule has 2 aromatic carbocycles. The highest BCUT2D eigenvalue weighted by molar-refractivity contribution is 6.31. The molecule has 9 heteroatoms. The van der Waals surface area contributed by atoms with Gasteiger partial charge in [-0.15, -0.1) is 0 Å². The number of carbonyl (C=O) groups excluding carboxylic acids is 1. The van der Waals surface area contributed by atoms with Crippen LogP contribution in [0.5, 0.6) is 0 Å². The van der Waals surface area contributed by atoms with Crippen molar-refractivity contribution in [2.45, 2.75) is 19.9 Å². The maximum Gasteiger partial charge on any atom is 0.264 e. The molecule has 1 N–H and O–H groups in total. The van der Waals surface area contributed by atoms with Gasteiger partial charge in [-0.25, -0.2) is 14.1 Å². The molecule has 0 aliphatic rings. The Morgan fingerprint density at radius 3 is 2.70 bits per heavy atom. The Balaban J connectivity index is 1.50. The number of carbonyl (C=O) groups is 1. The Hall–Kier alpha value is -3.52. The van der Waals surface area contributed by atoms with Gasteiger partial charge in [0.1, 0.15) is 11.2 Å². The first-order valence-corrected chi connectivity index (χ1v) is 9.55. The lowest BCUT2D eigenvalue weighted by Gasteiger charge is -2.08. The van der Waals surface area contributed by atoms with Crippen LogP contribution in [0.2, 0.25) is 5.02 Å². The second kappa shape index (κ2) is 8.08. The molecule has 0 radical (unpaired) electrons. The van der Waals surface area contributed by atoms with Gasteiger partial charge in [0.15, 0.2) is 5.65 Å². The number of halogens is 2. The molecule has 0 atom stereocenters. The third kappa shape index (κ3) is 3.95. The summed E-state index contributed by atoms with van der Waals surface area (Å²) in [6.07, 6.45) is 2.91. The van der Waals surface area contributed by atoms with E-state index in [4.69, 9.17) is 11.6 Å². The van der Waals surface area contributed by atoms with E-state index in [1.54, 1.807) is 4.68 Å². The molecule has 2 heterocycles. The molecule has 0 saturated carbocycles. The largest absolute Gasteiger partial charge is 0.326 e. The Morgan fingerprint density at radius 1 is 1.20 bits per heavy atom. The maximum atomic E-state index is 13.2. The van der Waals surface area contributed by atoms with E-state index in [1.807, 2.05) is 31.2 Å². The van der Waals surface area contributed by atoms with Gasteiger partial charge in [-0.05, 0) is 37.3 Å². The fraction of sp³-hybridized carbons (Fsp3) is 0.143. The van der Waals surface area contributed by atoms with Gasteiger partial charge in [0.25, 0.3) is 5.56 Å². The lowest BCUT2D eigenvalue weighted by Crippen LogP contribution is -2.23. The fourth-order valence-electron chi connectivity index (χ4n) is 3.00. The van der Waals surface area contributed by atoms with Crippen LogP contribution in [0.15, 0.2) is 59.8 Å². The molecule has 0 aliphatic carbocycles. The topological polar surface area (TPSA) is 81.8 Å². The summed E-state index contributed by atoms with van der Waals surface area (Å²) in [4.78, 5) is 29.3. The van der Waals surface area contributed by atoms with E-state index in [1.165, 1.54) is 35.3 Å². The highest BCUT2D eigenvalue weighted by Crippen LogP contribution is 2.19. The van der Waals surface area contributed by atoms with Crippen molar-refractivity contribution in [2.75, 3.05) is 5.32 Å². The minimum Gasteiger partial charge on any atom is -0.326 e. The lowest BCUT2D eigenvalue weighted by atomic mass is 10.2. The number of nitrogens with one attached hydrogen (secondary N) is 1. The first-order valence-electron chi connectivity index (χ1n) is 9.17. The molecular formula is C21H17ClFN5O2. The van der Waals surface area contributed by atoms with Crippen LogP contribution in [0.4, 0.5) is 10.1 Å². The van der Waals surface area contributed by atoms with Gasteiger partial charge in [-0.2, -0.15) is 5.10 Å². The third-order valence-corrected chi connectivity index (χ3v) is 4.91. The summed E-state index contributed by atoms with van der Waals surface area (Å²) < 4.78 is 16.2. The molecule has 0 bridgehead atoms. The second-order valence-electron chi connectivity index (χ2n) is 6.80. The van der Waals surface area contributed by atoms with Crippen LogP contribution in [0.25, 0.3) is 16.7 Å². The standard InChI is InChI=1S/C21H17ClFN5O2/c1-13-2-5-15(6-3-13)28-20-16(11-25-28)21(30)27(12-24-20)9-8-19(29)26-14-4-7-18(23)17(22)10-14/h2-7,10-12H,8-9H2,1H3,(H,26,29). The summed E-state index contributed by atoms with van der Waals surface area (Å²) in [5.41, 5.74) is 2.47. The summed E-state index contributed by atoms with van der Waals surface area (Å²) in [6, 6.07) is 11.6. The van der Waals surface area contributed by atoms with E-state index in [2.05, 4.69) is 15.4 Å².